The van der Waals surface area contributed by atoms with Crippen LogP contribution in [0, 0.1) is 10.1 Å². The second kappa shape index (κ2) is 5.40. The average Bonchev–Trinajstić information content (AvgIpc) is 2.49. The number of aromatic nitrogens is 1. The second-order valence-electron chi connectivity index (χ2n) is 4.39. The number of hydrogen-bond donors (Lipinski definition) is 0. The molecule has 0 fully saturated rings. The predicted molar refractivity (Wildman–Crippen MR) is 82.4 cm³/mol. The van der Waals surface area contributed by atoms with Crippen molar-refractivity contribution in [1.82, 2.24) is 4.98 Å². The Labute approximate surface area is 133 Å². The average molecular weight is 337 g/mol. The fraction of sp³-hybridized carbons (Fsp3) is 0. The van der Waals surface area contributed by atoms with Crippen LogP contribution >= 0.6 is 23.2 Å². The maximum Gasteiger partial charge on any atom is 0.347 e. The van der Waals surface area contributed by atoms with Gasteiger partial charge in [0.15, 0.2) is 0 Å². The van der Waals surface area contributed by atoms with Gasteiger partial charge in [-0.15, -0.1) is 0 Å². The van der Waals surface area contributed by atoms with E-state index in [4.69, 9.17) is 27.6 Å². The third-order valence-electron chi connectivity index (χ3n) is 2.99. The normalized spacial score (nSPS) is 10.8. The number of benzene rings is 2. The Kier molecular flexibility index (Phi) is 3.56. The molecule has 3 aromatic rings. The van der Waals surface area contributed by atoms with Crippen molar-refractivity contribution in [2.75, 3.05) is 0 Å². The van der Waals surface area contributed by atoms with Crippen molar-refractivity contribution in [3.05, 3.63) is 67.0 Å². The second-order valence-corrected chi connectivity index (χ2v) is 5.21. The molecule has 110 valence electrons. The molecule has 0 aliphatic carbocycles. The molecule has 0 saturated carbocycles. The minimum Gasteiger partial charge on any atom is -0.403 e. The standard InChI is InChI=1S/C14H6Cl2N2O4/c15-10-3-1-7(5-11(10)16)13-17-12-4-2-8(18(20)21)6-9(12)14(19)22-13/h1-6H. The first-order valence-electron chi connectivity index (χ1n) is 6.00. The minimum absolute atomic E-state index is 0.0398. The Balaban J connectivity index is 2.21. The van der Waals surface area contributed by atoms with E-state index in [0.29, 0.717) is 21.1 Å². The van der Waals surface area contributed by atoms with E-state index in [1.54, 1.807) is 12.1 Å². The lowest BCUT2D eigenvalue weighted by Crippen LogP contribution is -2.03. The molecule has 8 heteroatoms. The first-order valence-corrected chi connectivity index (χ1v) is 6.76. The molecule has 6 nitrogen and oxygen atoms in total. The van der Waals surface area contributed by atoms with Gasteiger partial charge in [-0.05, 0) is 24.3 Å². The van der Waals surface area contributed by atoms with E-state index in [9.17, 15) is 14.9 Å². The van der Waals surface area contributed by atoms with Crippen molar-refractivity contribution in [3.63, 3.8) is 0 Å². The fourth-order valence-electron chi connectivity index (χ4n) is 1.93. The van der Waals surface area contributed by atoms with E-state index in [0.717, 1.165) is 6.07 Å². The highest BCUT2D eigenvalue weighted by atomic mass is 35.5. The van der Waals surface area contributed by atoms with E-state index < -0.39 is 10.5 Å². The first-order chi connectivity index (χ1) is 10.5. The summed E-state index contributed by atoms with van der Waals surface area (Å²) in [7, 11) is 0. The van der Waals surface area contributed by atoms with Gasteiger partial charge >= 0.3 is 5.63 Å². The Morgan fingerprint density at radius 2 is 1.86 bits per heavy atom. The lowest BCUT2D eigenvalue weighted by Gasteiger charge is -2.03. The highest BCUT2D eigenvalue weighted by Crippen LogP contribution is 2.28. The quantitative estimate of drug-likeness (QED) is 0.520. The van der Waals surface area contributed by atoms with Crippen LogP contribution in [-0.2, 0) is 0 Å². The van der Waals surface area contributed by atoms with E-state index in [1.807, 2.05) is 0 Å². The molecule has 0 amide bonds. The summed E-state index contributed by atoms with van der Waals surface area (Å²) < 4.78 is 5.12. The van der Waals surface area contributed by atoms with Crippen molar-refractivity contribution in [2.45, 2.75) is 0 Å². The van der Waals surface area contributed by atoms with Crippen LogP contribution < -0.4 is 5.63 Å². The lowest BCUT2D eigenvalue weighted by molar-refractivity contribution is -0.384. The van der Waals surface area contributed by atoms with Gasteiger partial charge in [0.1, 0.15) is 0 Å². The third kappa shape index (κ3) is 2.54. The van der Waals surface area contributed by atoms with Gasteiger partial charge in [0.25, 0.3) is 5.69 Å². The summed E-state index contributed by atoms with van der Waals surface area (Å²) in [5, 5.41) is 11.4. The summed E-state index contributed by atoms with van der Waals surface area (Å²) in [5.74, 6) is 0.0601. The molecule has 0 bridgehead atoms. The van der Waals surface area contributed by atoms with Crippen molar-refractivity contribution >= 4 is 39.8 Å². The van der Waals surface area contributed by atoms with Crippen molar-refractivity contribution < 1.29 is 9.34 Å². The van der Waals surface area contributed by atoms with Crippen LogP contribution in [0.1, 0.15) is 0 Å². The lowest BCUT2D eigenvalue weighted by atomic mass is 10.2. The topological polar surface area (TPSA) is 86.2 Å². The van der Waals surface area contributed by atoms with Gasteiger partial charge in [-0.2, -0.15) is 0 Å². The Morgan fingerprint density at radius 3 is 2.55 bits per heavy atom. The summed E-state index contributed by atoms with van der Waals surface area (Å²) in [6.07, 6.45) is 0. The molecule has 0 saturated heterocycles. The number of nitro benzene ring substituents is 1. The number of fused-ring (bicyclic) bond motifs is 1. The van der Waals surface area contributed by atoms with Gasteiger partial charge in [-0.1, -0.05) is 23.2 Å². The van der Waals surface area contributed by atoms with Crippen LogP contribution in [0.15, 0.2) is 45.6 Å². The Morgan fingerprint density at radius 1 is 1.09 bits per heavy atom. The molecule has 0 aliphatic rings. The van der Waals surface area contributed by atoms with Gasteiger partial charge in [0.05, 0.1) is 25.9 Å². The molecule has 0 spiro atoms. The van der Waals surface area contributed by atoms with Crippen molar-refractivity contribution in [1.29, 1.82) is 0 Å². The number of non-ortho nitro benzene ring substituents is 1. The molecule has 2 aromatic carbocycles. The van der Waals surface area contributed by atoms with E-state index in [2.05, 4.69) is 4.98 Å². The minimum atomic E-state index is -0.713. The smallest absolute Gasteiger partial charge is 0.347 e. The summed E-state index contributed by atoms with van der Waals surface area (Å²) >= 11 is 11.8. The van der Waals surface area contributed by atoms with Crippen LogP contribution in [0.4, 0.5) is 5.69 Å². The van der Waals surface area contributed by atoms with Gasteiger partial charge in [-0.3, -0.25) is 10.1 Å². The van der Waals surface area contributed by atoms with Crippen LogP contribution in [0.5, 0.6) is 0 Å². The monoisotopic (exact) mass is 336 g/mol. The van der Waals surface area contributed by atoms with Crippen LogP contribution in [0.25, 0.3) is 22.4 Å². The largest absolute Gasteiger partial charge is 0.403 e. The summed E-state index contributed by atoms with van der Waals surface area (Å²) in [6, 6.07) is 8.48. The number of nitro groups is 1. The zero-order valence-electron chi connectivity index (χ0n) is 10.7. The highest BCUT2D eigenvalue weighted by Gasteiger charge is 2.13. The third-order valence-corrected chi connectivity index (χ3v) is 3.73. The fourth-order valence-corrected chi connectivity index (χ4v) is 2.22. The summed E-state index contributed by atoms with van der Waals surface area (Å²) in [5.41, 5.74) is -0.145. The molecule has 22 heavy (non-hydrogen) atoms. The molecule has 3 rings (SSSR count). The van der Waals surface area contributed by atoms with Crippen molar-refractivity contribution in [3.8, 4) is 11.5 Å². The molecule has 0 aliphatic heterocycles. The number of halogens is 2. The highest BCUT2D eigenvalue weighted by molar-refractivity contribution is 6.42. The Bertz CT molecular complexity index is 969. The zero-order chi connectivity index (χ0) is 15.9. The molecular formula is C14H6Cl2N2O4. The van der Waals surface area contributed by atoms with Gasteiger partial charge in [0, 0.05) is 17.7 Å². The van der Waals surface area contributed by atoms with Gasteiger partial charge < -0.3 is 4.42 Å². The number of rotatable bonds is 2. The van der Waals surface area contributed by atoms with E-state index in [1.165, 1.54) is 18.2 Å². The molecule has 1 aromatic heterocycles. The SMILES string of the molecule is O=c1oc(-c2ccc(Cl)c(Cl)c2)nc2ccc([N+](=O)[O-])cc12. The van der Waals surface area contributed by atoms with Gasteiger partial charge in [-0.25, -0.2) is 9.78 Å². The molecule has 0 atom stereocenters. The van der Waals surface area contributed by atoms with Crippen LogP contribution in [0.2, 0.25) is 10.0 Å². The summed E-state index contributed by atoms with van der Waals surface area (Å²) in [4.78, 5) is 26.3. The maximum atomic E-state index is 12.0. The molecule has 0 radical (unpaired) electrons. The molecule has 0 N–H and O–H groups in total. The van der Waals surface area contributed by atoms with Gasteiger partial charge in [0.2, 0.25) is 5.89 Å². The van der Waals surface area contributed by atoms with Crippen LogP contribution in [0.3, 0.4) is 0 Å². The molecular weight excluding hydrogens is 331 g/mol. The number of nitrogens with zero attached hydrogens (tertiary/aromatic N) is 2. The predicted octanol–water partition coefficient (Wildman–Crippen LogP) is 4.07. The Hall–Kier alpha value is -2.44. The molecule has 1 heterocycles. The van der Waals surface area contributed by atoms with E-state index in [-0.39, 0.29) is 17.0 Å². The first kappa shape index (κ1) is 14.5. The summed E-state index contributed by atoms with van der Waals surface area (Å²) in [6.45, 7) is 0. The zero-order valence-corrected chi connectivity index (χ0v) is 12.3. The van der Waals surface area contributed by atoms with Crippen molar-refractivity contribution in [2.24, 2.45) is 0 Å². The molecule has 0 unspecified atom stereocenters. The van der Waals surface area contributed by atoms with E-state index >= 15 is 0 Å². The van der Waals surface area contributed by atoms with Crippen LogP contribution in [-0.4, -0.2) is 9.91 Å². The number of hydrogen-bond acceptors (Lipinski definition) is 5. The maximum absolute atomic E-state index is 12.0.